The van der Waals surface area contributed by atoms with Gasteiger partial charge in [-0.05, 0) is 98.9 Å². The molecule has 2 aliphatic rings. The highest BCUT2D eigenvalue weighted by atomic mass is 16.5. The number of carbonyl (C=O) groups excluding carboxylic acids is 2. The molecule has 0 radical (unpaired) electrons. The fourth-order valence-corrected chi connectivity index (χ4v) is 6.08. The second-order valence-corrected chi connectivity index (χ2v) is 11.0. The van der Waals surface area contributed by atoms with Gasteiger partial charge in [0.1, 0.15) is 11.5 Å². The van der Waals surface area contributed by atoms with Gasteiger partial charge in [-0.2, -0.15) is 0 Å². The second-order valence-electron chi connectivity index (χ2n) is 11.0. The Hall–Kier alpha value is -3.32. The number of rotatable bonds is 12. The highest BCUT2D eigenvalue weighted by Crippen LogP contribution is 2.46. The van der Waals surface area contributed by atoms with Crippen molar-refractivity contribution in [3.63, 3.8) is 0 Å². The van der Waals surface area contributed by atoms with Gasteiger partial charge in [0, 0.05) is 48.4 Å². The summed E-state index contributed by atoms with van der Waals surface area (Å²) in [6.07, 6.45) is 5.72. The summed E-state index contributed by atoms with van der Waals surface area (Å²) in [6, 6.07) is 13.6. The zero-order valence-electron chi connectivity index (χ0n) is 23.2. The third kappa shape index (κ3) is 6.30. The lowest BCUT2D eigenvalue weighted by Crippen LogP contribution is -2.41. The Labute approximate surface area is 230 Å². The molecule has 0 saturated heterocycles. The van der Waals surface area contributed by atoms with Gasteiger partial charge in [0.05, 0.1) is 6.61 Å². The van der Waals surface area contributed by atoms with Crippen LogP contribution in [-0.2, 0) is 16.0 Å². The highest BCUT2D eigenvalue weighted by Gasteiger charge is 2.34. The zero-order valence-corrected chi connectivity index (χ0v) is 23.2. The molecule has 2 aromatic carbocycles. The molecule has 1 saturated carbocycles. The monoisotopic (exact) mass is 531 g/mol. The first kappa shape index (κ1) is 27.3. The topological polar surface area (TPSA) is 94.7 Å². The summed E-state index contributed by atoms with van der Waals surface area (Å²) in [4.78, 5) is 31.1. The molecule has 2 amide bonds. The fourth-order valence-electron chi connectivity index (χ4n) is 6.08. The third-order valence-corrected chi connectivity index (χ3v) is 8.27. The number of aryl methyl sites for hydroxylation is 1. The van der Waals surface area contributed by atoms with Gasteiger partial charge in [-0.15, -0.1) is 0 Å². The van der Waals surface area contributed by atoms with Crippen molar-refractivity contribution in [1.82, 2.24) is 15.2 Å². The van der Waals surface area contributed by atoms with Crippen LogP contribution in [0.4, 0.5) is 0 Å². The number of carbonyl (C=O) groups is 2. The Morgan fingerprint density at radius 2 is 1.95 bits per heavy atom. The number of nitrogens with one attached hydrogen (secondary N) is 2. The molecule has 0 aliphatic heterocycles. The molecule has 1 aromatic heterocycles. The molecule has 208 valence electrons. The van der Waals surface area contributed by atoms with Gasteiger partial charge >= 0.3 is 0 Å². The lowest BCUT2D eigenvalue weighted by atomic mass is 9.72. The predicted molar refractivity (Wildman–Crippen MR) is 153 cm³/mol. The van der Waals surface area contributed by atoms with Crippen molar-refractivity contribution in [2.24, 2.45) is 11.8 Å². The molecule has 7 nitrogen and oxygen atoms in total. The number of amides is 2. The number of imide groups is 1. The van der Waals surface area contributed by atoms with Gasteiger partial charge in [-0.25, -0.2) is 0 Å². The van der Waals surface area contributed by atoms with E-state index in [-0.39, 0.29) is 29.4 Å². The van der Waals surface area contributed by atoms with Crippen LogP contribution in [0.25, 0.3) is 10.9 Å². The summed E-state index contributed by atoms with van der Waals surface area (Å²) in [5.41, 5.74) is 4.55. The second kappa shape index (κ2) is 12.2. The van der Waals surface area contributed by atoms with Crippen LogP contribution in [0.1, 0.15) is 75.1 Å². The van der Waals surface area contributed by atoms with Crippen LogP contribution in [0.5, 0.6) is 11.5 Å². The smallest absolute Gasteiger partial charge is 0.229 e. The lowest BCUT2D eigenvalue weighted by Gasteiger charge is -2.33. The molecule has 39 heavy (non-hydrogen) atoms. The normalized spacial score (nSPS) is 18.6. The Balaban J connectivity index is 1.36. The van der Waals surface area contributed by atoms with Crippen LogP contribution in [-0.4, -0.2) is 53.0 Å². The number of hydrogen-bond donors (Lipinski definition) is 3. The van der Waals surface area contributed by atoms with Crippen LogP contribution < -0.4 is 10.1 Å². The van der Waals surface area contributed by atoms with E-state index in [9.17, 15) is 14.7 Å². The first-order valence-corrected chi connectivity index (χ1v) is 14.6. The van der Waals surface area contributed by atoms with Crippen molar-refractivity contribution >= 4 is 22.7 Å². The van der Waals surface area contributed by atoms with Crippen molar-refractivity contribution in [2.75, 3.05) is 26.2 Å². The number of ether oxygens (including phenoxy) is 1. The molecule has 3 N–H and O–H groups in total. The summed E-state index contributed by atoms with van der Waals surface area (Å²) >= 11 is 0. The maximum Gasteiger partial charge on any atom is 0.229 e. The molecular weight excluding hydrogens is 490 g/mol. The first-order chi connectivity index (χ1) is 19.0. The van der Waals surface area contributed by atoms with Crippen molar-refractivity contribution in [1.29, 1.82) is 0 Å². The number of benzene rings is 2. The number of H-pyrrole nitrogens is 1. The minimum Gasteiger partial charge on any atom is -0.508 e. The quantitative estimate of drug-likeness (QED) is 0.268. The molecular formula is C32H41N3O4. The molecule has 2 unspecified atom stereocenters. The number of hydrogen-bond acceptors (Lipinski definition) is 5. The number of fused-ring (bicyclic) bond motifs is 3. The largest absolute Gasteiger partial charge is 0.508 e. The van der Waals surface area contributed by atoms with E-state index >= 15 is 0 Å². The predicted octanol–water partition coefficient (Wildman–Crippen LogP) is 5.51. The Morgan fingerprint density at radius 3 is 2.69 bits per heavy atom. The molecule has 0 spiro atoms. The van der Waals surface area contributed by atoms with E-state index in [1.54, 1.807) is 6.07 Å². The molecule has 7 heteroatoms. The van der Waals surface area contributed by atoms with Crippen molar-refractivity contribution in [3.05, 3.63) is 59.3 Å². The highest BCUT2D eigenvalue weighted by molar-refractivity contribution is 5.95. The minimum atomic E-state index is -0.107. The van der Waals surface area contributed by atoms with Crippen LogP contribution in [0.3, 0.4) is 0 Å². The van der Waals surface area contributed by atoms with E-state index in [2.05, 4.69) is 28.5 Å². The summed E-state index contributed by atoms with van der Waals surface area (Å²) in [6.45, 7) is 6.45. The van der Waals surface area contributed by atoms with Crippen LogP contribution in [0, 0.1) is 11.8 Å². The third-order valence-electron chi connectivity index (χ3n) is 8.27. The van der Waals surface area contributed by atoms with Gasteiger partial charge in [0.25, 0.3) is 0 Å². The molecule has 3 aromatic rings. The molecule has 5 rings (SSSR count). The van der Waals surface area contributed by atoms with Crippen LogP contribution >= 0.6 is 0 Å². The maximum atomic E-state index is 13.3. The maximum absolute atomic E-state index is 13.3. The van der Waals surface area contributed by atoms with Gasteiger partial charge in [-0.3, -0.25) is 14.5 Å². The van der Waals surface area contributed by atoms with Crippen molar-refractivity contribution in [2.45, 2.75) is 64.7 Å². The van der Waals surface area contributed by atoms with Gasteiger partial charge in [-0.1, -0.05) is 19.1 Å². The molecule has 1 fully saturated rings. The number of nitrogens with zero attached hydrogens (tertiary/aromatic N) is 1. The average Bonchev–Trinajstić information content (AvgIpc) is 3.70. The number of aromatic hydroxyl groups is 1. The van der Waals surface area contributed by atoms with E-state index in [1.165, 1.54) is 28.7 Å². The van der Waals surface area contributed by atoms with E-state index in [4.69, 9.17) is 4.74 Å². The van der Waals surface area contributed by atoms with Crippen molar-refractivity contribution < 1.29 is 19.4 Å². The van der Waals surface area contributed by atoms with Crippen molar-refractivity contribution in [3.8, 4) is 11.5 Å². The SMILES string of the molecule is CCOc1ccc2[nH]c3c(c2c1)CCC(CCC(=O)N(CCNCC1CC1)C(=O)CC)C3c1cccc(O)c1. The Bertz CT molecular complexity index is 1310. The van der Waals surface area contributed by atoms with Gasteiger partial charge in [0.15, 0.2) is 0 Å². The first-order valence-electron chi connectivity index (χ1n) is 14.6. The summed E-state index contributed by atoms with van der Waals surface area (Å²) in [7, 11) is 0. The Morgan fingerprint density at radius 1 is 1.10 bits per heavy atom. The van der Waals surface area contributed by atoms with E-state index < -0.39 is 0 Å². The minimum absolute atomic E-state index is 0.0205. The standard InChI is InChI=1S/C32H41N3O4/c1-3-29(37)35(17-16-33-20-21-8-9-21)30(38)15-11-22-10-13-26-27-19-25(39-4-2)12-14-28(27)34-32(26)31(22)23-6-5-7-24(36)18-23/h5-7,12,14,18-19,21-22,31,33-34,36H,3-4,8-11,13,15-17,20H2,1-2H3. The number of aromatic nitrogens is 1. The lowest BCUT2D eigenvalue weighted by molar-refractivity contribution is -0.144. The summed E-state index contributed by atoms with van der Waals surface area (Å²) < 4.78 is 5.77. The zero-order chi connectivity index (χ0) is 27.4. The molecule has 0 bridgehead atoms. The van der Waals surface area contributed by atoms with Crippen LogP contribution in [0.15, 0.2) is 42.5 Å². The summed E-state index contributed by atoms with van der Waals surface area (Å²) in [5.74, 6) is 1.89. The van der Waals surface area contributed by atoms with E-state index in [1.807, 2.05) is 32.0 Å². The number of phenols is 1. The van der Waals surface area contributed by atoms with Gasteiger partial charge in [0.2, 0.25) is 11.8 Å². The van der Waals surface area contributed by atoms with Crippen LogP contribution in [0.2, 0.25) is 0 Å². The Kier molecular flexibility index (Phi) is 8.56. The van der Waals surface area contributed by atoms with E-state index in [0.717, 1.165) is 47.8 Å². The molecule has 2 aliphatic carbocycles. The molecule has 1 heterocycles. The number of aromatic amines is 1. The number of phenolic OH excluding ortho intramolecular Hbond substituents is 1. The fraction of sp³-hybridized carbons (Fsp3) is 0.500. The molecule has 2 atom stereocenters. The van der Waals surface area contributed by atoms with E-state index in [0.29, 0.717) is 39.0 Å². The van der Waals surface area contributed by atoms with Gasteiger partial charge < -0.3 is 20.1 Å². The average molecular weight is 532 g/mol. The summed E-state index contributed by atoms with van der Waals surface area (Å²) in [5, 5.41) is 14.9.